The minimum absolute atomic E-state index is 0.0948. The van der Waals surface area contributed by atoms with E-state index in [1.807, 2.05) is 24.3 Å². The average molecular weight is 521 g/mol. The van der Waals surface area contributed by atoms with Gasteiger partial charge in [-0.3, -0.25) is 19.3 Å². The van der Waals surface area contributed by atoms with E-state index in [1.54, 1.807) is 32.8 Å². The van der Waals surface area contributed by atoms with E-state index in [9.17, 15) is 14.4 Å². The highest BCUT2D eigenvalue weighted by Crippen LogP contribution is 2.14. The van der Waals surface area contributed by atoms with Crippen molar-refractivity contribution in [3.8, 4) is 12.3 Å². The predicted molar refractivity (Wildman–Crippen MR) is 149 cm³/mol. The summed E-state index contributed by atoms with van der Waals surface area (Å²) in [6.45, 7) is 6.77. The quantitative estimate of drug-likeness (QED) is 0.373. The summed E-state index contributed by atoms with van der Waals surface area (Å²) in [4.78, 5) is 40.3. The number of likely N-dealkylation sites (N-methyl/N-ethyl adjacent to an activating group) is 2. The summed E-state index contributed by atoms with van der Waals surface area (Å²) in [7, 11) is 3.44. The lowest BCUT2D eigenvalue weighted by molar-refractivity contribution is -0.134. The zero-order chi connectivity index (χ0) is 28.1. The molecule has 0 bridgehead atoms. The zero-order valence-corrected chi connectivity index (χ0v) is 23.2. The first-order valence-corrected chi connectivity index (χ1v) is 12.7. The minimum atomic E-state index is -1.11. The summed E-state index contributed by atoms with van der Waals surface area (Å²) >= 11 is 0. The number of amides is 3. The number of ether oxygens (including phenoxy) is 1. The van der Waals surface area contributed by atoms with Crippen LogP contribution in [0, 0.1) is 19.3 Å². The fraction of sp³-hybridized carbons (Fsp3) is 0.433. The largest absolute Gasteiger partial charge is 0.367 e. The Hall–Kier alpha value is -3.67. The molecule has 8 nitrogen and oxygen atoms in total. The van der Waals surface area contributed by atoms with E-state index in [4.69, 9.17) is 11.2 Å². The van der Waals surface area contributed by atoms with Crippen LogP contribution in [-0.2, 0) is 32.1 Å². The van der Waals surface area contributed by atoms with E-state index in [0.29, 0.717) is 19.7 Å². The van der Waals surface area contributed by atoms with Crippen LogP contribution in [0.15, 0.2) is 48.5 Å². The number of carbonyl (C=O) groups is 3. The van der Waals surface area contributed by atoms with Gasteiger partial charge < -0.3 is 20.3 Å². The molecule has 0 unspecified atom stereocenters. The van der Waals surface area contributed by atoms with E-state index in [0.717, 1.165) is 12.0 Å². The van der Waals surface area contributed by atoms with Crippen LogP contribution in [0.4, 0.5) is 0 Å². The van der Waals surface area contributed by atoms with Gasteiger partial charge in [-0.1, -0.05) is 54.5 Å². The second-order valence-electron chi connectivity index (χ2n) is 10.0. The topological polar surface area (TPSA) is 91.0 Å². The van der Waals surface area contributed by atoms with Gasteiger partial charge in [0, 0.05) is 20.1 Å². The molecule has 0 aliphatic rings. The first-order valence-electron chi connectivity index (χ1n) is 12.7. The van der Waals surface area contributed by atoms with Crippen molar-refractivity contribution in [3.05, 3.63) is 70.8 Å². The van der Waals surface area contributed by atoms with E-state index >= 15 is 0 Å². The van der Waals surface area contributed by atoms with Gasteiger partial charge in [0.1, 0.15) is 12.1 Å². The Morgan fingerprint density at radius 3 is 2.34 bits per heavy atom. The molecule has 0 saturated carbocycles. The number of nitrogens with one attached hydrogen (secondary N) is 2. The molecule has 2 N–H and O–H groups in total. The molecule has 0 aliphatic carbocycles. The summed E-state index contributed by atoms with van der Waals surface area (Å²) in [6.07, 6.45) is 6.09. The Balaban J connectivity index is 1.69. The van der Waals surface area contributed by atoms with Gasteiger partial charge >= 0.3 is 0 Å². The Bertz CT molecular complexity index is 1120. The summed E-state index contributed by atoms with van der Waals surface area (Å²) in [6, 6.07) is 16.5. The molecule has 8 heteroatoms. The van der Waals surface area contributed by atoms with Gasteiger partial charge in [0.25, 0.3) is 0 Å². The predicted octanol–water partition coefficient (Wildman–Crippen LogP) is 2.14. The molecule has 0 atom stereocenters. The van der Waals surface area contributed by atoms with E-state index < -0.39 is 5.54 Å². The standard InChI is InChI=1S/C30H40N4O4/c1-7-17-34(6)28(36)20-33(5)18-16-31-29(37)30(3,4)32-27(35)22-38-21-25-14-12-24(13-15-25)19-26-11-9-8-10-23(26)2/h1,8-15H,16-22H2,2-6H3,(H,31,37)(H,32,35). The fourth-order valence-electron chi connectivity index (χ4n) is 3.72. The maximum Gasteiger partial charge on any atom is 0.246 e. The summed E-state index contributed by atoms with van der Waals surface area (Å²) in [5.74, 6) is 1.64. The number of hydrogen-bond donors (Lipinski definition) is 2. The molecule has 0 radical (unpaired) electrons. The summed E-state index contributed by atoms with van der Waals surface area (Å²) < 4.78 is 5.57. The molecule has 0 heterocycles. The Morgan fingerprint density at radius 1 is 1.03 bits per heavy atom. The molecule has 0 saturated heterocycles. The number of hydrogen-bond acceptors (Lipinski definition) is 5. The molecule has 2 aromatic carbocycles. The molecule has 204 valence electrons. The van der Waals surface area contributed by atoms with Crippen LogP contribution in [0.1, 0.15) is 36.1 Å². The minimum Gasteiger partial charge on any atom is -0.367 e. The van der Waals surface area contributed by atoms with Crippen LogP contribution in [0.25, 0.3) is 0 Å². The molecule has 3 amide bonds. The molecule has 0 aliphatic heterocycles. The third kappa shape index (κ3) is 10.4. The van der Waals surface area contributed by atoms with Crippen molar-refractivity contribution >= 4 is 17.7 Å². The summed E-state index contributed by atoms with van der Waals surface area (Å²) in [5.41, 5.74) is 3.63. The van der Waals surface area contributed by atoms with Crippen LogP contribution in [0.2, 0.25) is 0 Å². The number of terminal acetylenes is 1. The Morgan fingerprint density at radius 2 is 1.68 bits per heavy atom. The molecule has 0 spiro atoms. The Kier molecular flexibility index (Phi) is 12.0. The Labute approximate surface area is 226 Å². The van der Waals surface area contributed by atoms with Gasteiger partial charge in [-0.05, 0) is 56.5 Å². The normalized spacial score (nSPS) is 11.1. The van der Waals surface area contributed by atoms with E-state index in [1.165, 1.54) is 21.6 Å². The van der Waals surface area contributed by atoms with E-state index in [2.05, 4.69) is 47.7 Å². The summed E-state index contributed by atoms with van der Waals surface area (Å²) in [5, 5.41) is 5.52. The third-order valence-corrected chi connectivity index (χ3v) is 6.14. The van der Waals surface area contributed by atoms with Crippen LogP contribution in [0.3, 0.4) is 0 Å². The van der Waals surface area contributed by atoms with Crippen LogP contribution < -0.4 is 10.6 Å². The van der Waals surface area contributed by atoms with Gasteiger partial charge in [0.15, 0.2) is 0 Å². The van der Waals surface area contributed by atoms with Crippen LogP contribution >= 0.6 is 0 Å². The molecule has 38 heavy (non-hydrogen) atoms. The highest BCUT2D eigenvalue weighted by molar-refractivity contribution is 5.91. The second-order valence-corrected chi connectivity index (χ2v) is 10.0. The van der Waals surface area contributed by atoms with E-state index in [-0.39, 0.29) is 37.4 Å². The number of nitrogens with zero attached hydrogens (tertiary/aromatic N) is 2. The van der Waals surface area contributed by atoms with Crippen LogP contribution in [-0.4, -0.2) is 79.9 Å². The van der Waals surface area contributed by atoms with Crippen molar-refractivity contribution < 1.29 is 19.1 Å². The zero-order valence-electron chi connectivity index (χ0n) is 23.2. The number of aryl methyl sites for hydroxylation is 1. The van der Waals surface area contributed by atoms with Gasteiger partial charge in [0.05, 0.1) is 19.7 Å². The van der Waals surface area contributed by atoms with Crippen LogP contribution in [0.5, 0.6) is 0 Å². The van der Waals surface area contributed by atoms with Gasteiger partial charge in [-0.2, -0.15) is 0 Å². The molecule has 2 aromatic rings. The lowest BCUT2D eigenvalue weighted by atomic mass is 10.00. The maximum atomic E-state index is 12.6. The van der Waals surface area contributed by atoms with Crippen molar-refractivity contribution in [2.75, 3.05) is 46.9 Å². The van der Waals surface area contributed by atoms with Crippen molar-refractivity contribution in [1.29, 1.82) is 0 Å². The maximum absolute atomic E-state index is 12.6. The highest BCUT2D eigenvalue weighted by atomic mass is 16.5. The molecule has 0 aromatic heterocycles. The average Bonchev–Trinajstić information content (AvgIpc) is 2.86. The smallest absolute Gasteiger partial charge is 0.246 e. The molecular weight excluding hydrogens is 480 g/mol. The van der Waals surface area contributed by atoms with Crippen molar-refractivity contribution in [1.82, 2.24) is 20.4 Å². The number of rotatable bonds is 14. The number of benzene rings is 2. The van der Waals surface area contributed by atoms with Gasteiger partial charge in [-0.25, -0.2) is 0 Å². The third-order valence-electron chi connectivity index (χ3n) is 6.14. The lowest BCUT2D eigenvalue weighted by Gasteiger charge is -2.26. The molecule has 2 rings (SSSR count). The molecule has 0 fully saturated rings. The first-order chi connectivity index (χ1) is 18.0. The van der Waals surface area contributed by atoms with Crippen molar-refractivity contribution in [2.24, 2.45) is 0 Å². The van der Waals surface area contributed by atoms with Gasteiger partial charge in [-0.15, -0.1) is 6.42 Å². The number of carbonyl (C=O) groups excluding carboxylic acids is 3. The highest BCUT2D eigenvalue weighted by Gasteiger charge is 2.29. The monoisotopic (exact) mass is 520 g/mol. The van der Waals surface area contributed by atoms with Crippen molar-refractivity contribution in [2.45, 2.75) is 39.3 Å². The second kappa shape index (κ2) is 14.9. The SMILES string of the molecule is C#CCN(C)C(=O)CN(C)CCNC(=O)C(C)(C)NC(=O)COCc1ccc(Cc2ccccc2C)cc1. The first kappa shape index (κ1) is 30.6. The van der Waals surface area contributed by atoms with Crippen molar-refractivity contribution in [3.63, 3.8) is 0 Å². The van der Waals surface area contributed by atoms with Gasteiger partial charge in [0.2, 0.25) is 17.7 Å². The fourth-order valence-corrected chi connectivity index (χ4v) is 3.72. The lowest BCUT2D eigenvalue weighted by Crippen LogP contribution is -2.56. The molecular formula is C30H40N4O4.